The van der Waals surface area contributed by atoms with Crippen molar-refractivity contribution in [2.75, 3.05) is 13.2 Å². The summed E-state index contributed by atoms with van der Waals surface area (Å²) in [5.74, 6) is 1.71. The zero-order valence-electron chi connectivity index (χ0n) is 12.5. The van der Waals surface area contributed by atoms with E-state index in [1.807, 2.05) is 32.0 Å². The molecule has 2 aliphatic rings. The number of hydrogen-bond acceptors (Lipinski definition) is 4. The number of amides is 1. The summed E-state index contributed by atoms with van der Waals surface area (Å²) in [6.45, 7) is 4.90. The molecule has 1 aliphatic carbocycles. The summed E-state index contributed by atoms with van der Waals surface area (Å²) in [7, 11) is 0. The molecular formula is C16H22N2O3. The molecule has 114 valence electrons. The van der Waals surface area contributed by atoms with Gasteiger partial charge in [-0.05, 0) is 50.3 Å². The van der Waals surface area contributed by atoms with Crippen LogP contribution in [0.5, 0.6) is 11.5 Å². The van der Waals surface area contributed by atoms with Crippen LogP contribution in [0.3, 0.4) is 0 Å². The van der Waals surface area contributed by atoms with Gasteiger partial charge in [-0.3, -0.25) is 4.79 Å². The van der Waals surface area contributed by atoms with Crippen molar-refractivity contribution in [3.8, 4) is 11.5 Å². The van der Waals surface area contributed by atoms with Crippen molar-refractivity contribution in [1.29, 1.82) is 0 Å². The van der Waals surface area contributed by atoms with Crippen LogP contribution < -0.4 is 20.5 Å². The predicted molar refractivity (Wildman–Crippen MR) is 79.3 cm³/mol. The van der Waals surface area contributed by atoms with Crippen LogP contribution in [-0.2, 0) is 4.79 Å². The van der Waals surface area contributed by atoms with Crippen LogP contribution in [0.25, 0.3) is 0 Å². The molecule has 0 bridgehead atoms. The van der Waals surface area contributed by atoms with E-state index in [2.05, 4.69) is 5.32 Å². The van der Waals surface area contributed by atoms with E-state index in [0.29, 0.717) is 19.1 Å². The summed E-state index contributed by atoms with van der Waals surface area (Å²) >= 11 is 0. The molecule has 0 saturated heterocycles. The Bertz CT molecular complexity index is 552. The Morgan fingerprint density at radius 3 is 2.67 bits per heavy atom. The summed E-state index contributed by atoms with van der Waals surface area (Å²) in [6, 6.07) is 5.64. The summed E-state index contributed by atoms with van der Waals surface area (Å²) in [5.41, 5.74) is 6.36. The lowest BCUT2D eigenvalue weighted by atomic mass is 9.95. The first-order valence-electron chi connectivity index (χ1n) is 7.48. The fraction of sp³-hybridized carbons (Fsp3) is 0.562. The molecule has 3 rings (SSSR count). The van der Waals surface area contributed by atoms with Crippen LogP contribution in [-0.4, -0.2) is 24.7 Å². The first-order valence-corrected chi connectivity index (χ1v) is 7.48. The third-order valence-electron chi connectivity index (χ3n) is 4.33. The van der Waals surface area contributed by atoms with Crippen LogP contribution in [0.15, 0.2) is 18.2 Å². The van der Waals surface area contributed by atoms with E-state index < -0.39 is 5.54 Å². The first-order chi connectivity index (χ1) is 9.98. The number of nitrogens with two attached hydrogens (primary N) is 1. The quantitative estimate of drug-likeness (QED) is 0.886. The molecule has 1 saturated carbocycles. The fourth-order valence-corrected chi connectivity index (χ4v) is 2.63. The largest absolute Gasteiger partial charge is 0.486 e. The Morgan fingerprint density at radius 1 is 1.33 bits per heavy atom. The fourth-order valence-electron chi connectivity index (χ4n) is 2.63. The summed E-state index contributed by atoms with van der Waals surface area (Å²) < 4.78 is 11.1. The van der Waals surface area contributed by atoms with Crippen molar-refractivity contribution >= 4 is 5.91 Å². The Kier molecular flexibility index (Phi) is 3.53. The topological polar surface area (TPSA) is 73.6 Å². The number of fused-ring (bicyclic) bond motifs is 1. The van der Waals surface area contributed by atoms with E-state index in [4.69, 9.17) is 15.2 Å². The van der Waals surface area contributed by atoms with Crippen LogP contribution in [0, 0.1) is 5.92 Å². The van der Waals surface area contributed by atoms with E-state index in [1.165, 1.54) is 0 Å². The van der Waals surface area contributed by atoms with Gasteiger partial charge in [-0.15, -0.1) is 0 Å². The van der Waals surface area contributed by atoms with E-state index in [-0.39, 0.29) is 11.9 Å². The number of benzene rings is 1. The van der Waals surface area contributed by atoms with Crippen LogP contribution in [0.4, 0.5) is 0 Å². The van der Waals surface area contributed by atoms with Gasteiger partial charge in [-0.2, -0.15) is 0 Å². The molecule has 0 radical (unpaired) electrons. The summed E-state index contributed by atoms with van der Waals surface area (Å²) in [5, 5.41) is 3.00. The molecule has 5 heteroatoms. The number of nitrogens with one attached hydrogen (secondary N) is 1. The van der Waals surface area contributed by atoms with Crippen LogP contribution in [0.2, 0.25) is 0 Å². The minimum atomic E-state index is -0.776. The van der Waals surface area contributed by atoms with Gasteiger partial charge in [0.15, 0.2) is 11.5 Å². The average Bonchev–Trinajstić information content (AvgIpc) is 3.31. The zero-order chi connectivity index (χ0) is 15.0. The highest BCUT2D eigenvalue weighted by Gasteiger charge is 2.44. The number of ether oxygens (including phenoxy) is 2. The smallest absolute Gasteiger partial charge is 0.240 e. The van der Waals surface area contributed by atoms with E-state index in [9.17, 15) is 4.79 Å². The highest BCUT2D eigenvalue weighted by Crippen LogP contribution is 2.38. The lowest BCUT2D eigenvalue weighted by Crippen LogP contribution is -2.53. The van der Waals surface area contributed by atoms with E-state index in [1.54, 1.807) is 0 Å². The van der Waals surface area contributed by atoms with Gasteiger partial charge < -0.3 is 20.5 Å². The molecule has 21 heavy (non-hydrogen) atoms. The molecule has 1 heterocycles. The lowest BCUT2D eigenvalue weighted by Gasteiger charge is -2.26. The highest BCUT2D eigenvalue weighted by molar-refractivity contribution is 5.86. The Labute approximate surface area is 124 Å². The van der Waals surface area contributed by atoms with Crippen LogP contribution >= 0.6 is 0 Å². The molecule has 1 aromatic rings. The molecular weight excluding hydrogens is 268 g/mol. The summed E-state index contributed by atoms with van der Waals surface area (Å²) in [4.78, 5) is 12.3. The van der Waals surface area contributed by atoms with Crippen molar-refractivity contribution in [2.45, 2.75) is 38.3 Å². The van der Waals surface area contributed by atoms with Crippen molar-refractivity contribution in [3.05, 3.63) is 23.8 Å². The zero-order valence-corrected chi connectivity index (χ0v) is 12.5. The minimum Gasteiger partial charge on any atom is -0.486 e. The lowest BCUT2D eigenvalue weighted by molar-refractivity contribution is -0.127. The third-order valence-corrected chi connectivity index (χ3v) is 4.33. The van der Waals surface area contributed by atoms with Gasteiger partial charge in [-0.1, -0.05) is 6.07 Å². The molecule has 1 aromatic carbocycles. The number of hydrogen-bond donors (Lipinski definition) is 2. The Morgan fingerprint density at radius 2 is 2.00 bits per heavy atom. The molecule has 3 N–H and O–H groups in total. The van der Waals surface area contributed by atoms with Crippen LogP contribution in [0.1, 0.15) is 38.3 Å². The minimum absolute atomic E-state index is 0.0904. The van der Waals surface area contributed by atoms with Gasteiger partial charge in [0.2, 0.25) is 5.91 Å². The molecule has 0 aromatic heterocycles. The standard InChI is InChI=1S/C16H22N2O3/c1-10(18-15(19)16(2,17)12-4-5-12)11-3-6-13-14(9-11)21-8-7-20-13/h3,6,9-10,12H,4-5,7-8,17H2,1-2H3,(H,18,19). The second-order valence-electron chi connectivity index (χ2n) is 6.16. The number of carbonyl (C=O) groups is 1. The maximum Gasteiger partial charge on any atom is 0.240 e. The highest BCUT2D eigenvalue weighted by atomic mass is 16.6. The average molecular weight is 290 g/mol. The normalized spacial score (nSPS) is 21.3. The first kappa shape index (κ1) is 14.2. The van der Waals surface area contributed by atoms with Gasteiger partial charge in [0.1, 0.15) is 13.2 Å². The van der Waals surface area contributed by atoms with Gasteiger partial charge in [0.05, 0.1) is 11.6 Å². The SMILES string of the molecule is CC(NC(=O)C(C)(N)C1CC1)c1ccc2c(c1)OCCO2. The maximum atomic E-state index is 12.3. The van der Waals surface area contributed by atoms with Crippen molar-refractivity contribution < 1.29 is 14.3 Å². The second kappa shape index (κ2) is 5.22. The van der Waals surface area contributed by atoms with Crippen molar-refractivity contribution in [3.63, 3.8) is 0 Å². The summed E-state index contributed by atoms with van der Waals surface area (Å²) in [6.07, 6.45) is 2.08. The molecule has 1 fully saturated rings. The van der Waals surface area contributed by atoms with Gasteiger partial charge in [0, 0.05) is 0 Å². The van der Waals surface area contributed by atoms with E-state index >= 15 is 0 Å². The monoisotopic (exact) mass is 290 g/mol. The van der Waals surface area contributed by atoms with Gasteiger partial charge >= 0.3 is 0 Å². The second-order valence-corrected chi connectivity index (χ2v) is 6.16. The molecule has 2 atom stereocenters. The Balaban J connectivity index is 1.70. The number of carbonyl (C=O) groups excluding carboxylic acids is 1. The maximum absolute atomic E-state index is 12.3. The van der Waals surface area contributed by atoms with Gasteiger partial charge in [0.25, 0.3) is 0 Å². The number of rotatable bonds is 4. The predicted octanol–water partition coefficient (Wildman–Crippen LogP) is 1.76. The molecule has 1 amide bonds. The molecule has 0 spiro atoms. The molecule has 5 nitrogen and oxygen atoms in total. The molecule has 1 aliphatic heterocycles. The van der Waals surface area contributed by atoms with Gasteiger partial charge in [-0.25, -0.2) is 0 Å². The van der Waals surface area contributed by atoms with Crippen molar-refractivity contribution in [1.82, 2.24) is 5.32 Å². The van der Waals surface area contributed by atoms with Crippen molar-refractivity contribution in [2.24, 2.45) is 11.7 Å². The molecule has 2 unspecified atom stereocenters. The Hall–Kier alpha value is -1.75. The third kappa shape index (κ3) is 2.83. The van der Waals surface area contributed by atoms with E-state index in [0.717, 1.165) is 29.9 Å².